The van der Waals surface area contributed by atoms with Crippen molar-refractivity contribution in [3.63, 3.8) is 0 Å². The summed E-state index contributed by atoms with van der Waals surface area (Å²) in [6, 6.07) is 0. The van der Waals surface area contributed by atoms with Gasteiger partial charge in [0.1, 0.15) is 54.9 Å². The Labute approximate surface area is 451 Å². The number of carbonyl (C=O) groups excluding carboxylic acids is 1. The molecule has 11 unspecified atom stereocenters. The molecule has 0 spiro atoms. The summed E-state index contributed by atoms with van der Waals surface area (Å²) in [5, 5.41) is 72.3. The van der Waals surface area contributed by atoms with E-state index in [1.807, 2.05) is 0 Å². The quantitative estimate of drug-likeness (QED) is 0.0172. The SMILES string of the molecule is CC/C=C\C/C=C\C/C=C\C/C=C\C/C=C\C/C=C\CCCCCOCC(COC1OC(COC2OC(CO)C(O)C(O)C2O)C(O)C(O)C1O)OC(=O)CCCCCCCC/C=C\C/C=C\C/C=C\CCCCC. The summed E-state index contributed by atoms with van der Waals surface area (Å²) in [6.45, 7) is 3.42. The number of hydrogen-bond donors (Lipinski definition) is 7. The van der Waals surface area contributed by atoms with Crippen LogP contribution in [0.5, 0.6) is 0 Å². The van der Waals surface area contributed by atoms with Crippen LogP contribution in [0.4, 0.5) is 0 Å². The summed E-state index contributed by atoms with van der Waals surface area (Å²) < 4.78 is 34.3. The Kier molecular flexibility index (Phi) is 42.2. The van der Waals surface area contributed by atoms with Gasteiger partial charge in [-0.1, -0.05) is 168 Å². The maximum Gasteiger partial charge on any atom is 0.306 e. The van der Waals surface area contributed by atoms with Gasteiger partial charge in [-0.15, -0.1) is 0 Å². The summed E-state index contributed by atoms with van der Waals surface area (Å²) in [5.74, 6) is -0.405. The van der Waals surface area contributed by atoms with Crippen LogP contribution in [0.1, 0.15) is 168 Å². The minimum absolute atomic E-state index is 0.0256. The van der Waals surface area contributed by atoms with Crippen molar-refractivity contribution >= 4 is 5.97 Å². The van der Waals surface area contributed by atoms with Crippen molar-refractivity contribution < 1.29 is 69.0 Å². The predicted molar refractivity (Wildman–Crippen MR) is 297 cm³/mol. The van der Waals surface area contributed by atoms with E-state index in [1.54, 1.807) is 0 Å². The van der Waals surface area contributed by atoms with E-state index in [0.29, 0.717) is 13.0 Å². The largest absolute Gasteiger partial charge is 0.457 e. The van der Waals surface area contributed by atoms with Crippen LogP contribution in [0.25, 0.3) is 0 Å². The molecule has 11 atom stereocenters. The molecule has 75 heavy (non-hydrogen) atoms. The van der Waals surface area contributed by atoms with E-state index < -0.39 is 86.7 Å². The van der Waals surface area contributed by atoms with Gasteiger partial charge in [0.05, 0.1) is 26.4 Å². The zero-order valence-corrected chi connectivity index (χ0v) is 45.7. The Morgan fingerprint density at radius 2 is 0.867 bits per heavy atom. The lowest BCUT2D eigenvalue weighted by atomic mass is 9.98. The Balaban J connectivity index is 1.76. The molecule has 0 aliphatic carbocycles. The number of ether oxygens (including phenoxy) is 6. The molecule has 2 aliphatic rings. The molecule has 14 heteroatoms. The fraction of sp³-hybridized carbons (Fsp3) is 0.689. The fourth-order valence-electron chi connectivity index (χ4n) is 8.18. The van der Waals surface area contributed by atoms with Crippen molar-refractivity contribution in [3.8, 4) is 0 Å². The summed E-state index contributed by atoms with van der Waals surface area (Å²) in [6.07, 6.45) is 47.1. The molecule has 0 saturated carbocycles. The van der Waals surface area contributed by atoms with Gasteiger partial charge in [0.25, 0.3) is 0 Å². The first-order valence-electron chi connectivity index (χ1n) is 28.5. The minimum Gasteiger partial charge on any atom is -0.457 e. The summed E-state index contributed by atoms with van der Waals surface area (Å²) in [5.41, 5.74) is 0. The number of aliphatic hydroxyl groups excluding tert-OH is 7. The van der Waals surface area contributed by atoms with Gasteiger partial charge >= 0.3 is 5.97 Å². The summed E-state index contributed by atoms with van der Waals surface area (Å²) in [7, 11) is 0. The van der Waals surface area contributed by atoms with Crippen LogP contribution >= 0.6 is 0 Å². The lowest BCUT2D eigenvalue weighted by Crippen LogP contribution is -2.61. The number of hydrogen-bond acceptors (Lipinski definition) is 14. The van der Waals surface area contributed by atoms with E-state index in [2.05, 4.69) is 123 Å². The Morgan fingerprint density at radius 3 is 1.36 bits per heavy atom. The highest BCUT2D eigenvalue weighted by Crippen LogP contribution is 2.26. The lowest BCUT2D eigenvalue weighted by molar-refractivity contribution is -0.332. The highest BCUT2D eigenvalue weighted by atomic mass is 16.7. The van der Waals surface area contributed by atoms with E-state index in [9.17, 15) is 40.5 Å². The van der Waals surface area contributed by atoms with Crippen LogP contribution in [0.3, 0.4) is 0 Å². The highest BCUT2D eigenvalue weighted by molar-refractivity contribution is 5.69. The second kappa shape index (κ2) is 46.7. The standard InChI is InChI=1S/C61H100O14/c1-3-5-7-9-11-13-15-17-19-21-23-24-25-27-29-31-33-35-37-39-41-43-45-70-47-50(73-53(63)44-42-40-38-36-34-32-30-28-26-22-20-18-16-14-12-10-8-6-4-2)48-71-60-59(69)57(67)55(65)52(75-60)49-72-61-58(68)56(66)54(64)51(46-62)74-61/h5,7,11-14,17-20,23-24,26-29,33,35,50-52,54-62,64-69H,3-4,6,8-10,15-16,21-22,25,30-32,34,36-49H2,1-2H3/b7-5-,13-11-,14-12-,19-17-,20-18-,24-23-,28-26-,29-27-,35-33-. The zero-order chi connectivity index (χ0) is 54.4. The van der Waals surface area contributed by atoms with Crippen LogP contribution in [0.15, 0.2) is 109 Å². The molecule has 0 aromatic rings. The zero-order valence-electron chi connectivity index (χ0n) is 45.7. The second-order valence-electron chi connectivity index (χ2n) is 19.4. The van der Waals surface area contributed by atoms with Gasteiger partial charge in [-0.25, -0.2) is 0 Å². The molecule has 0 radical (unpaired) electrons. The van der Waals surface area contributed by atoms with Gasteiger partial charge in [0.2, 0.25) is 0 Å². The van der Waals surface area contributed by atoms with Crippen molar-refractivity contribution in [2.45, 2.75) is 235 Å². The molecule has 0 bridgehead atoms. The maximum absolute atomic E-state index is 13.1. The molecular formula is C61H100O14. The highest BCUT2D eigenvalue weighted by Gasteiger charge is 2.47. The van der Waals surface area contributed by atoms with E-state index in [-0.39, 0.29) is 19.6 Å². The van der Waals surface area contributed by atoms with Crippen molar-refractivity contribution in [3.05, 3.63) is 109 Å². The first-order valence-corrected chi connectivity index (χ1v) is 28.5. The molecule has 0 amide bonds. The van der Waals surface area contributed by atoms with Gasteiger partial charge in [0.15, 0.2) is 12.6 Å². The van der Waals surface area contributed by atoms with Crippen LogP contribution in [0, 0.1) is 0 Å². The number of carbonyl (C=O) groups is 1. The average molecular weight is 1060 g/mol. The Hall–Kier alpha value is -3.35. The monoisotopic (exact) mass is 1060 g/mol. The lowest BCUT2D eigenvalue weighted by Gasteiger charge is -2.42. The Morgan fingerprint density at radius 1 is 0.453 bits per heavy atom. The smallest absolute Gasteiger partial charge is 0.306 e. The van der Waals surface area contributed by atoms with Gasteiger partial charge in [-0.2, -0.15) is 0 Å². The maximum atomic E-state index is 13.1. The molecular weight excluding hydrogens is 957 g/mol. The van der Waals surface area contributed by atoms with Crippen LogP contribution in [-0.4, -0.2) is 142 Å². The number of esters is 1. The minimum atomic E-state index is -1.72. The molecule has 2 rings (SSSR count). The molecule has 2 heterocycles. The van der Waals surface area contributed by atoms with Crippen molar-refractivity contribution in [1.82, 2.24) is 0 Å². The van der Waals surface area contributed by atoms with Crippen molar-refractivity contribution in [1.29, 1.82) is 0 Å². The summed E-state index contributed by atoms with van der Waals surface area (Å²) >= 11 is 0. The number of allylic oxidation sites excluding steroid dienone is 18. The number of unbranched alkanes of at least 4 members (excludes halogenated alkanes) is 12. The molecule has 0 aromatic heterocycles. The van der Waals surface area contributed by atoms with Gasteiger partial charge in [0, 0.05) is 13.0 Å². The van der Waals surface area contributed by atoms with Crippen molar-refractivity contribution in [2.75, 3.05) is 33.0 Å². The Bertz CT molecular complexity index is 1650. The molecule has 2 saturated heterocycles. The first-order chi connectivity index (χ1) is 36.6. The van der Waals surface area contributed by atoms with E-state index in [4.69, 9.17) is 28.4 Å². The third-order valence-corrected chi connectivity index (χ3v) is 12.8. The molecule has 0 aromatic carbocycles. The summed E-state index contributed by atoms with van der Waals surface area (Å²) in [4.78, 5) is 13.1. The number of rotatable bonds is 44. The van der Waals surface area contributed by atoms with Gasteiger partial charge < -0.3 is 64.2 Å². The van der Waals surface area contributed by atoms with E-state index in [1.165, 1.54) is 25.7 Å². The average Bonchev–Trinajstić information content (AvgIpc) is 3.41. The third kappa shape index (κ3) is 33.5. The van der Waals surface area contributed by atoms with E-state index >= 15 is 0 Å². The number of aliphatic hydroxyl groups is 7. The van der Waals surface area contributed by atoms with Crippen LogP contribution < -0.4 is 0 Å². The first kappa shape index (κ1) is 67.8. The van der Waals surface area contributed by atoms with Gasteiger partial charge in [-0.3, -0.25) is 4.79 Å². The third-order valence-electron chi connectivity index (χ3n) is 12.8. The van der Waals surface area contributed by atoms with Crippen LogP contribution in [0.2, 0.25) is 0 Å². The van der Waals surface area contributed by atoms with Crippen LogP contribution in [-0.2, 0) is 33.2 Å². The fourth-order valence-corrected chi connectivity index (χ4v) is 8.18. The molecule has 2 aliphatic heterocycles. The molecule has 428 valence electrons. The van der Waals surface area contributed by atoms with Crippen molar-refractivity contribution in [2.24, 2.45) is 0 Å². The molecule has 2 fully saturated rings. The topological polar surface area (TPSA) is 214 Å². The molecule has 7 N–H and O–H groups in total. The van der Waals surface area contributed by atoms with Gasteiger partial charge in [-0.05, 0) is 103 Å². The molecule has 14 nitrogen and oxygen atoms in total. The normalized spacial score (nSPS) is 25.5. The van der Waals surface area contributed by atoms with E-state index in [0.717, 1.165) is 116 Å². The predicted octanol–water partition coefficient (Wildman–Crippen LogP) is 9.96. The second-order valence-corrected chi connectivity index (χ2v) is 19.4.